The number of hydrogen-bond donors (Lipinski definition) is 1. The first-order chi connectivity index (χ1) is 14.5. The molecular formula is C23H32ClN3O3S. The number of halogens is 1. The van der Waals surface area contributed by atoms with Gasteiger partial charge in [-0.05, 0) is 54.8 Å². The third kappa shape index (κ3) is 6.21. The molecule has 1 N–H and O–H groups in total. The first-order valence-corrected chi connectivity index (χ1v) is 12.2. The molecule has 0 aromatic heterocycles. The van der Waals surface area contributed by atoms with Gasteiger partial charge in [0.1, 0.15) is 0 Å². The quantitative estimate of drug-likeness (QED) is 0.566. The van der Waals surface area contributed by atoms with Gasteiger partial charge in [-0.2, -0.15) is 4.31 Å². The molecule has 170 valence electrons. The second-order valence-corrected chi connectivity index (χ2v) is 10.5. The monoisotopic (exact) mass is 465 g/mol. The van der Waals surface area contributed by atoms with Crippen LogP contribution < -0.4 is 10.2 Å². The first kappa shape index (κ1) is 25.2. The lowest BCUT2D eigenvalue weighted by Gasteiger charge is -2.32. The van der Waals surface area contributed by atoms with E-state index in [1.54, 1.807) is 25.1 Å². The zero-order chi connectivity index (χ0) is 23.3. The van der Waals surface area contributed by atoms with E-state index in [2.05, 4.69) is 5.32 Å². The van der Waals surface area contributed by atoms with Gasteiger partial charge in [-0.1, -0.05) is 38.4 Å². The minimum Gasteiger partial charge on any atom is -0.377 e. The normalized spacial score (nSPS) is 12.8. The second-order valence-electron chi connectivity index (χ2n) is 8.13. The molecule has 0 saturated carbocycles. The van der Waals surface area contributed by atoms with Crippen molar-refractivity contribution in [2.75, 3.05) is 24.3 Å². The summed E-state index contributed by atoms with van der Waals surface area (Å²) < 4.78 is 28.7. The minimum absolute atomic E-state index is 0.0949. The van der Waals surface area contributed by atoms with Crippen LogP contribution in [0.4, 0.5) is 11.4 Å². The summed E-state index contributed by atoms with van der Waals surface area (Å²) in [5, 5.41) is 3.23. The number of benzene rings is 2. The number of nitrogens with one attached hydrogen (secondary N) is 1. The molecule has 0 unspecified atom stereocenters. The van der Waals surface area contributed by atoms with Crippen LogP contribution in [-0.4, -0.2) is 38.8 Å². The van der Waals surface area contributed by atoms with E-state index in [9.17, 15) is 13.2 Å². The standard InChI is InChI=1S/C23H32ClN3O3S/c1-7-23(28)25-20-11-12-22(26(5)6)18(13-20)15-27(17(4)16(2)3)31(29,30)21-10-8-9-19(24)14-21/h8-14,16-17H,7,15H2,1-6H3,(H,25,28)/t17-/m0/s1. The van der Waals surface area contributed by atoms with Gasteiger partial charge in [-0.15, -0.1) is 0 Å². The van der Waals surface area contributed by atoms with Crippen LogP contribution in [0.15, 0.2) is 47.4 Å². The Morgan fingerprint density at radius 3 is 2.32 bits per heavy atom. The maximum atomic E-state index is 13.6. The van der Waals surface area contributed by atoms with E-state index in [4.69, 9.17) is 11.6 Å². The topological polar surface area (TPSA) is 69.7 Å². The van der Waals surface area contributed by atoms with E-state index < -0.39 is 10.0 Å². The molecule has 0 saturated heterocycles. The summed E-state index contributed by atoms with van der Waals surface area (Å²) in [7, 11) is 0.00909. The molecule has 0 radical (unpaired) electrons. The van der Waals surface area contributed by atoms with Crippen molar-refractivity contribution in [2.45, 2.75) is 51.6 Å². The van der Waals surface area contributed by atoms with Crippen LogP contribution in [0, 0.1) is 5.92 Å². The van der Waals surface area contributed by atoms with Crippen LogP contribution in [0.25, 0.3) is 0 Å². The molecule has 0 aliphatic carbocycles. The van der Waals surface area contributed by atoms with Crippen molar-refractivity contribution < 1.29 is 13.2 Å². The summed E-state index contributed by atoms with van der Waals surface area (Å²) in [5.74, 6) is 0.00208. The Morgan fingerprint density at radius 2 is 1.77 bits per heavy atom. The molecule has 6 nitrogen and oxygen atoms in total. The van der Waals surface area contributed by atoms with Gasteiger partial charge in [-0.3, -0.25) is 4.79 Å². The fourth-order valence-electron chi connectivity index (χ4n) is 3.19. The molecule has 2 rings (SSSR count). The van der Waals surface area contributed by atoms with E-state index >= 15 is 0 Å². The van der Waals surface area contributed by atoms with Crippen molar-refractivity contribution in [2.24, 2.45) is 5.92 Å². The number of sulfonamides is 1. The minimum atomic E-state index is -3.81. The van der Waals surface area contributed by atoms with E-state index in [-0.39, 0.29) is 29.3 Å². The predicted octanol–water partition coefficient (Wildman–Crippen LogP) is 4.99. The smallest absolute Gasteiger partial charge is 0.243 e. The largest absolute Gasteiger partial charge is 0.377 e. The molecule has 8 heteroatoms. The molecule has 1 atom stereocenters. The van der Waals surface area contributed by atoms with E-state index in [1.165, 1.54) is 10.4 Å². The number of carbonyl (C=O) groups is 1. The summed E-state index contributed by atoms with van der Waals surface area (Å²) in [6, 6.07) is 11.6. The Hall–Kier alpha value is -2.09. The number of anilines is 2. The summed E-state index contributed by atoms with van der Waals surface area (Å²) >= 11 is 6.08. The fourth-order valence-corrected chi connectivity index (χ4v) is 5.23. The third-order valence-corrected chi connectivity index (χ3v) is 7.48. The highest BCUT2D eigenvalue weighted by Crippen LogP contribution is 2.30. The van der Waals surface area contributed by atoms with Gasteiger partial charge in [0, 0.05) is 49.5 Å². The van der Waals surface area contributed by atoms with Crippen LogP contribution in [0.1, 0.15) is 39.7 Å². The number of nitrogens with zero attached hydrogens (tertiary/aromatic N) is 2. The Balaban J connectivity index is 2.56. The van der Waals surface area contributed by atoms with Crippen LogP contribution in [0.5, 0.6) is 0 Å². The van der Waals surface area contributed by atoms with Crippen LogP contribution >= 0.6 is 11.6 Å². The average Bonchev–Trinajstić information content (AvgIpc) is 2.71. The van der Waals surface area contributed by atoms with Gasteiger partial charge >= 0.3 is 0 Å². The zero-order valence-electron chi connectivity index (χ0n) is 19.0. The van der Waals surface area contributed by atoms with Crippen LogP contribution in [-0.2, 0) is 21.4 Å². The van der Waals surface area contributed by atoms with Crippen molar-refractivity contribution in [1.82, 2.24) is 4.31 Å². The molecule has 0 heterocycles. The molecular weight excluding hydrogens is 434 g/mol. The van der Waals surface area contributed by atoms with Crippen LogP contribution in [0.2, 0.25) is 5.02 Å². The highest BCUT2D eigenvalue weighted by atomic mass is 35.5. The van der Waals surface area contributed by atoms with Gasteiger partial charge in [0.15, 0.2) is 0 Å². The maximum Gasteiger partial charge on any atom is 0.243 e. The van der Waals surface area contributed by atoms with Gasteiger partial charge in [0.05, 0.1) is 4.90 Å². The van der Waals surface area contributed by atoms with E-state index in [0.717, 1.165) is 11.3 Å². The molecule has 0 spiro atoms. The van der Waals surface area contributed by atoms with Crippen molar-refractivity contribution >= 4 is 38.9 Å². The number of carbonyl (C=O) groups excluding carboxylic acids is 1. The summed E-state index contributed by atoms with van der Waals surface area (Å²) in [6.45, 7) is 7.85. The van der Waals surface area contributed by atoms with Crippen molar-refractivity contribution in [3.63, 3.8) is 0 Å². The van der Waals surface area contributed by atoms with E-state index in [0.29, 0.717) is 17.1 Å². The molecule has 0 fully saturated rings. The van der Waals surface area contributed by atoms with Gasteiger partial charge < -0.3 is 10.2 Å². The van der Waals surface area contributed by atoms with Crippen molar-refractivity contribution in [3.05, 3.63) is 53.1 Å². The highest BCUT2D eigenvalue weighted by Gasteiger charge is 2.31. The summed E-state index contributed by atoms with van der Waals surface area (Å²) in [5.41, 5.74) is 2.33. The highest BCUT2D eigenvalue weighted by molar-refractivity contribution is 7.89. The number of amides is 1. The molecule has 31 heavy (non-hydrogen) atoms. The third-order valence-electron chi connectivity index (χ3n) is 5.31. The number of hydrogen-bond acceptors (Lipinski definition) is 4. The SMILES string of the molecule is CCC(=O)Nc1ccc(N(C)C)c(CN([C@@H](C)C(C)C)S(=O)(=O)c2cccc(Cl)c2)c1. The summed E-state index contributed by atoms with van der Waals surface area (Å²) in [4.78, 5) is 14.0. The molecule has 2 aromatic carbocycles. The number of rotatable bonds is 9. The lowest BCUT2D eigenvalue weighted by Crippen LogP contribution is -2.41. The lowest BCUT2D eigenvalue weighted by atomic mass is 10.1. The second kappa shape index (κ2) is 10.5. The first-order valence-electron chi connectivity index (χ1n) is 10.3. The lowest BCUT2D eigenvalue weighted by molar-refractivity contribution is -0.115. The fraction of sp³-hybridized carbons (Fsp3) is 0.435. The molecule has 0 bridgehead atoms. The van der Waals surface area contributed by atoms with E-state index in [1.807, 2.05) is 58.0 Å². The Kier molecular flexibility index (Phi) is 8.51. The van der Waals surface area contributed by atoms with Gasteiger partial charge in [0.25, 0.3) is 0 Å². The molecule has 0 aliphatic rings. The molecule has 1 amide bonds. The van der Waals surface area contributed by atoms with Crippen molar-refractivity contribution in [1.29, 1.82) is 0 Å². The zero-order valence-corrected chi connectivity index (χ0v) is 20.6. The molecule has 2 aromatic rings. The molecule has 0 aliphatic heterocycles. The summed E-state index contributed by atoms with van der Waals surface area (Å²) in [6.07, 6.45) is 0.365. The van der Waals surface area contributed by atoms with Gasteiger partial charge in [-0.25, -0.2) is 8.42 Å². The predicted molar refractivity (Wildman–Crippen MR) is 128 cm³/mol. The Bertz CT molecular complexity index is 1020. The van der Waals surface area contributed by atoms with Crippen molar-refractivity contribution in [3.8, 4) is 0 Å². The van der Waals surface area contributed by atoms with Gasteiger partial charge in [0.2, 0.25) is 15.9 Å². The van der Waals surface area contributed by atoms with Crippen LogP contribution in [0.3, 0.4) is 0 Å². The Morgan fingerprint density at radius 1 is 1.10 bits per heavy atom. The average molecular weight is 466 g/mol. The maximum absolute atomic E-state index is 13.6. The Labute approximate surface area is 191 Å².